The van der Waals surface area contributed by atoms with Gasteiger partial charge in [0, 0.05) is 22.8 Å². The summed E-state index contributed by atoms with van der Waals surface area (Å²) in [7, 11) is 0. The van der Waals surface area contributed by atoms with Crippen LogP contribution < -0.4 is 0 Å². The van der Waals surface area contributed by atoms with Crippen molar-refractivity contribution in [3.63, 3.8) is 0 Å². The minimum Gasteiger partial charge on any atom is -0.231 e. The zero-order valence-electron chi connectivity index (χ0n) is 6.47. The van der Waals surface area contributed by atoms with Gasteiger partial charge in [0.05, 0.1) is 0 Å². The van der Waals surface area contributed by atoms with Gasteiger partial charge in [-0.2, -0.15) is 0 Å². The molecule has 1 heterocycles. The van der Waals surface area contributed by atoms with Crippen molar-refractivity contribution in [3.05, 3.63) is 17.5 Å². The third kappa shape index (κ3) is 2.17. The van der Waals surface area contributed by atoms with E-state index < -0.39 is 0 Å². The van der Waals surface area contributed by atoms with Crippen LogP contribution in [-0.2, 0) is 5.33 Å². The molecule has 0 aliphatic rings. The summed E-state index contributed by atoms with van der Waals surface area (Å²) in [5, 5.41) is 1.67. The Hall–Kier alpha value is -0.0900. The lowest BCUT2D eigenvalue weighted by Crippen LogP contribution is -1.93. The Morgan fingerprint density at radius 2 is 2.36 bits per heavy atom. The number of hydrogen-bond acceptors (Lipinski definition) is 3. The molecule has 0 aliphatic carbocycles. The van der Waals surface area contributed by atoms with E-state index in [-0.39, 0.29) is 0 Å². The van der Waals surface area contributed by atoms with Gasteiger partial charge in [-0.15, -0.1) is 0 Å². The predicted octanol–water partition coefficient (Wildman–Crippen LogP) is 2.40. The SMILES string of the molecule is CSc1ncc(CBr)c(C)n1. The van der Waals surface area contributed by atoms with Crippen LogP contribution in [-0.4, -0.2) is 16.2 Å². The minimum absolute atomic E-state index is 0.827. The van der Waals surface area contributed by atoms with Crippen LogP contribution in [0.2, 0.25) is 0 Å². The molecular weight excluding hydrogens is 224 g/mol. The Balaban J connectivity index is 2.99. The monoisotopic (exact) mass is 232 g/mol. The largest absolute Gasteiger partial charge is 0.231 e. The van der Waals surface area contributed by atoms with E-state index in [1.54, 1.807) is 11.8 Å². The summed E-state index contributed by atoms with van der Waals surface area (Å²) < 4.78 is 0. The summed E-state index contributed by atoms with van der Waals surface area (Å²) in [5.74, 6) is 0. The van der Waals surface area contributed by atoms with Crippen LogP contribution >= 0.6 is 27.7 Å². The summed E-state index contributed by atoms with van der Waals surface area (Å²) >= 11 is 4.93. The molecule has 0 saturated carbocycles. The van der Waals surface area contributed by atoms with Crippen LogP contribution in [0.25, 0.3) is 0 Å². The summed E-state index contributed by atoms with van der Waals surface area (Å²) in [6.45, 7) is 2.00. The highest BCUT2D eigenvalue weighted by Gasteiger charge is 1.99. The van der Waals surface area contributed by atoms with Crippen LogP contribution in [0.15, 0.2) is 11.4 Å². The van der Waals surface area contributed by atoms with Gasteiger partial charge >= 0.3 is 0 Å². The van der Waals surface area contributed by atoms with Gasteiger partial charge in [-0.1, -0.05) is 27.7 Å². The first-order valence-corrected chi connectivity index (χ1v) is 5.55. The van der Waals surface area contributed by atoms with E-state index in [4.69, 9.17) is 0 Å². The first kappa shape index (κ1) is 9.00. The molecule has 1 aromatic heterocycles. The Bertz CT molecular complexity index is 252. The van der Waals surface area contributed by atoms with Crippen LogP contribution in [0, 0.1) is 6.92 Å². The Morgan fingerprint density at radius 1 is 1.64 bits per heavy atom. The second-order valence-electron chi connectivity index (χ2n) is 2.10. The van der Waals surface area contributed by atoms with Gasteiger partial charge in [-0.3, -0.25) is 0 Å². The normalized spacial score (nSPS) is 10.1. The molecule has 0 spiro atoms. The molecule has 2 nitrogen and oxygen atoms in total. The van der Waals surface area contributed by atoms with E-state index >= 15 is 0 Å². The molecule has 0 aliphatic heterocycles. The number of rotatable bonds is 2. The van der Waals surface area contributed by atoms with Gasteiger partial charge in [0.2, 0.25) is 0 Å². The van der Waals surface area contributed by atoms with E-state index in [1.165, 1.54) is 0 Å². The topological polar surface area (TPSA) is 25.8 Å². The number of halogens is 1. The fourth-order valence-corrected chi connectivity index (χ4v) is 1.64. The van der Waals surface area contributed by atoms with Crippen LogP contribution in [0.3, 0.4) is 0 Å². The molecule has 0 N–H and O–H groups in total. The number of nitrogens with zero attached hydrogens (tertiary/aromatic N) is 2. The molecule has 0 radical (unpaired) electrons. The van der Waals surface area contributed by atoms with E-state index in [0.717, 1.165) is 21.7 Å². The zero-order chi connectivity index (χ0) is 8.27. The smallest absolute Gasteiger partial charge is 0.187 e. The maximum Gasteiger partial charge on any atom is 0.187 e. The van der Waals surface area contributed by atoms with Crippen molar-refractivity contribution in [2.75, 3.05) is 6.26 Å². The summed E-state index contributed by atoms with van der Waals surface area (Å²) in [4.78, 5) is 8.43. The third-order valence-corrected chi connectivity index (χ3v) is 2.55. The van der Waals surface area contributed by atoms with Gasteiger partial charge in [0.15, 0.2) is 5.16 Å². The van der Waals surface area contributed by atoms with E-state index in [9.17, 15) is 0 Å². The van der Waals surface area contributed by atoms with E-state index in [0.29, 0.717) is 0 Å². The maximum absolute atomic E-state index is 4.28. The number of alkyl halides is 1. The van der Waals surface area contributed by atoms with Crippen molar-refractivity contribution in [2.24, 2.45) is 0 Å². The van der Waals surface area contributed by atoms with Crippen molar-refractivity contribution in [1.82, 2.24) is 9.97 Å². The Morgan fingerprint density at radius 3 is 2.82 bits per heavy atom. The van der Waals surface area contributed by atoms with E-state index in [1.807, 2.05) is 19.4 Å². The molecule has 1 rings (SSSR count). The standard InChI is InChI=1S/C7H9BrN2S/c1-5-6(3-8)4-9-7(10-5)11-2/h4H,3H2,1-2H3. The Kier molecular flexibility index (Phi) is 3.33. The average Bonchev–Trinajstić information content (AvgIpc) is 2.04. The molecule has 0 aromatic carbocycles. The van der Waals surface area contributed by atoms with Crippen molar-refractivity contribution in [2.45, 2.75) is 17.4 Å². The Labute approximate surface area is 79.0 Å². The first-order chi connectivity index (χ1) is 5.27. The second kappa shape index (κ2) is 4.07. The lowest BCUT2D eigenvalue weighted by molar-refractivity contribution is 0.913. The molecule has 0 bridgehead atoms. The fourth-order valence-electron chi connectivity index (χ4n) is 0.700. The summed E-state index contributed by atoms with van der Waals surface area (Å²) in [6, 6.07) is 0. The predicted molar refractivity (Wildman–Crippen MR) is 51.2 cm³/mol. The van der Waals surface area contributed by atoms with Crippen LogP contribution in [0.5, 0.6) is 0 Å². The second-order valence-corrected chi connectivity index (χ2v) is 3.44. The lowest BCUT2D eigenvalue weighted by Gasteiger charge is -2.00. The summed E-state index contributed by atoms with van der Waals surface area (Å²) in [6.07, 6.45) is 3.84. The quantitative estimate of drug-likeness (QED) is 0.445. The number of thioether (sulfide) groups is 1. The highest BCUT2D eigenvalue weighted by Crippen LogP contribution is 2.12. The molecular formula is C7H9BrN2S. The van der Waals surface area contributed by atoms with Crippen molar-refractivity contribution >= 4 is 27.7 Å². The van der Waals surface area contributed by atoms with Gasteiger partial charge in [-0.05, 0) is 13.2 Å². The molecule has 0 amide bonds. The molecule has 60 valence electrons. The van der Waals surface area contributed by atoms with Gasteiger partial charge in [-0.25, -0.2) is 9.97 Å². The third-order valence-electron chi connectivity index (χ3n) is 1.39. The number of aromatic nitrogens is 2. The molecule has 4 heteroatoms. The number of aryl methyl sites for hydroxylation is 1. The highest BCUT2D eigenvalue weighted by atomic mass is 79.9. The van der Waals surface area contributed by atoms with Gasteiger partial charge in [0.25, 0.3) is 0 Å². The van der Waals surface area contributed by atoms with Crippen molar-refractivity contribution < 1.29 is 0 Å². The van der Waals surface area contributed by atoms with Crippen LogP contribution in [0.1, 0.15) is 11.3 Å². The average molecular weight is 233 g/mol. The van der Waals surface area contributed by atoms with Gasteiger partial charge < -0.3 is 0 Å². The van der Waals surface area contributed by atoms with Gasteiger partial charge in [0.1, 0.15) is 0 Å². The molecule has 0 saturated heterocycles. The molecule has 0 unspecified atom stereocenters. The summed E-state index contributed by atoms with van der Waals surface area (Å²) in [5.41, 5.74) is 2.21. The van der Waals surface area contributed by atoms with Crippen molar-refractivity contribution in [3.8, 4) is 0 Å². The van der Waals surface area contributed by atoms with Crippen molar-refractivity contribution in [1.29, 1.82) is 0 Å². The maximum atomic E-state index is 4.28. The minimum atomic E-state index is 0.827. The highest BCUT2D eigenvalue weighted by molar-refractivity contribution is 9.08. The molecule has 0 atom stereocenters. The van der Waals surface area contributed by atoms with E-state index in [2.05, 4.69) is 25.9 Å². The first-order valence-electron chi connectivity index (χ1n) is 3.20. The number of hydrogen-bond donors (Lipinski definition) is 0. The fraction of sp³-hybridized carbons (Fsp3) is 0.429. The zero-order valence-corrected chi connectivity index (χ0v) is 8.87. The molecule has 1 aromatic rings. The van der Waals surface area contributed by atoms with Crippen LogP contribution in [0.4, 0.5) is 0 Å². The lowest BCUT2D eigenvalue weighted by atomic mass is 10.3. The molecule has 0 fully saturated rings. The molecule has 11 heavy (non-hydrogen) atoms.